The average molecular weight is 612 g/mol. The van der Waals surface area contributed by atoms with E-state index in [9.17, 15) is 0 Å². The van der Waals surface area contributed by atoms with Crippen molar-refractivity contribution < 1.29 is 4.42 Å². The molecule has 0 atom stereocenters. The van der Waals surface area contributed by atoms with Crippen LogP contribution in [0.25, 0.3) is 63.7 Å². The van der Waals surface area contributed by atoms with Gasteiger partial charge in [0.2, 0.25) is 0 Å². The SMILES string of the molecule is Cc1cccc(N(c2cc3sc4c5ccccc5ccc4c3c3ccccc23)c2cccc3c2oc2c(C(C)(C)C)cccc23)c1. The molecule has 0 aliphatic carbocycles. The maximum absolute atomic E-state index is 6.95. The van der Waals surface area contributed by atoms with E-state index in [2.05, 4.69) is 160 Å². The number of nitrogens with zero attached hydrogens (tertiary/aromatic N) is 1. The highest BCUT2D eigenvalue weighted by atomic mass is 32.1. The summed E-state index contributed by atoms with van der Waals surface area (Å²) in [7, 11) is 0. The largest absolute Gasteiger partial charge is 0.454 e. The van der Waals surface area contributed by atoms with Gasteiger partial charge in [0.25, 0.3) is 0 Å². The van der Waals surface area contributed by atoms with Crippen molar-refractivity contribution in [2.45, 2.75) is 33.1 Å². The number of anilines is 3. The molecule has 7 aromatic carbocycles. The lowest BCUT2D eigenvalue weighted by Crippen LogP contribution is -2.11. The number of para-hydroxylation sites is 2. The lowest BCUT2D eigenvalue weighted by Gasteiger charge is -2.27. The minimum absolute atomic E-state index is 0.0453. The molecule has 0 saturated carbocycles. The van der Waals surface area contributed by atoms with Gasteiger partial charge in [0, 0.05) is 47.6 Å². The van der Waals surface area contributed by atoms with Crippen LogP contribution in [0.3, 0.4) is 0 Å². The molecule has 0 fully saturated rings. The number of hydrogen-bond acceptors (Lipinski definition) is 3. The second-order valence-electron chi connectivity index (χ2n) is 13.4. The molecule has 2 heterocycles. The molecule has 0 unspecified atom stereocenters. The first-order valence-corrected chi connectivity index (χ1v) is 16.8. The summed E-state index contributed by atoms with van der Waals surface area (Å²) < 4.78 is 9.57. The van der Waals surface area contributed by atoms with Crippen LogP contribution < -0.4 is 4.90 Å². The number of rotatable bonds is 3. The predicted octanol–water partition coefficient (Wildman–Crippen LogP) is 13.3. The lowest BCUT2D eigenvalue weighted by molar-refractivity contribution is 0.573. The van der Waals surface area contributed by atoms with Gasteiger partial charge < -0.3 is 9.32 Å². The second kappa shape index (κ2) is 9.94. The van der Waals surface area contributed by atoms with Gasteiger partial charge in [0.05, 0.1) is 11.4 Å². The third-order valence-electron chi connectivity index (χ3n) is 9.40. The Kier molecular flexibility index (Phi) is 5.88. The molecular weight excluding hydrogens is 579 g/mol. The zero-order chi connectivity index (χ0) is 31.2. The first-order chi connectivity index (χ1) is 22.4. The lowest BCUT2D eigenvalue weighted by atomic mass is 9.86. The van der Waals surface area contributed by atoms with Gasteiger partial charge in [-0.15, -0.1) is 11.3 Å². The summed E-state index contributed by atoms with van der Waals surface area (Å²) in [6, 6.07) is 46.5. The Morgan fingerprint density at radius 3 is 2.07 bits per heavy atom. The molecule has 0 saturated heterocycles. The molecule has 2 aromatic heterocycles. The van der Waals surface area contributed by atoms with E-state index in [0.29, 0.717) is 0 Å². The smallest absolute Gasteiger partial charge is 0.159 e. The van der Waals surface area contributed by atoms with Crippen molar-refractivity contribution in [3.63, 3.8) is 0 Å². The fraction of sp³-hybridized carbons (Fsp3) is 0.116. The highest BCUT2D eigenvalue weighted by Crippen LogP contribution is 2.49. The first kappa shape index (κ1) is 27.2. The van der Waals surface area contributed by atoms with Crippen LogP contribution in [0.1, 0.15) is 31.9 Å². The van der Waals surface area contributed by atoms with Gasteiger partial charge >= 0.3 is 0 Å². The van der Waals surface area contributed by atoms with E-state index in [4.69, 9.17) is 4.42 Å². The molecule has 46 heavy (non-hydrogen) atoms. The Labute approximate surface area is 272 Å². The van der Waals surface area contributed by atoms with Crippen molar-refractivity contribution in [1.29, 1.82) is 0 Å². The molecule has 9 aromatic rings. The number of thiophene rings is 1. The molecule has 0 amide bonds. The average Bonchev–Trinajstić information content (AvgIpc) is 3.64. The normalized spacial score (nSPS) is 12.3. The van der Waals surface area contributed by atoms with Gasteiger partial charge in [-0.2, -0.15) is 0 Å². The molecule has 0 aliphatic rings. The Hall–Kier alpha value is -5.12. The molecule has 0 N–H and O–H groups in total. The summed E-state index contributed by atoms with van der Waals surface area (Å²) in [4.78, 5) is 2.42. The number of aryl methyl sites for hydroxylation is 1. The van der Waals surface area contributed by atoms with Crippen LogP contribution in [0.2, 0.25) is 0 Å². The minimum Gasteiger partial charge on any atom is -0.454 e. The van der Waals surface area contributed by atoms with Gasteiger partial charge in [0.15, 0.2) is 5.58 Å². The maximum atomic E-state index is 6.95. The topological polar surface area (TPSA) is 16.4 Å². The molecule has 0 aliphatic heterocycles. The van der Waals surface area contributed by atoms with Gasteiger partial charge in [0.1, 0.15) is 5.58 Å². The molecule has 0 radical (unpaired) electrons. The van der Waals surface area contributed by atoms with Crippen LogP contribution in [-0.2, 0) is 5.41 Å². The van der Waals surface area contributed by atoms with Crippen molar-refractivity contribution in [3.8, 4) is 0 Å². The predicted molar refractivity (Wildman–Crippen MR) is 200 cm³/mol. The monoisotopic (exact) mass is 611 g/mol. The fourth-order valence-corrected chi connectivity index (χ4v) is 8.57. The summed E-state index contributed by atoms with van der Waals surface area (Å²) >= 11 is 1.89. The third-order valence-corrected chi connectivity index (χ3v) is 10.6. The van der Waals surface area contributed by atoms with E-state index in [1.807, 2.05) is 11.3 Å². The third kappa shape index (κ3) is 4.01. The Morgan fingerprint density at radius 2 is 1.26 bits per heavy atom. The molecule has 2 nitrogen and oxygen atoms in total. The second-order valence-corrected chi connectivity index (χ2v) is 14.5. The van der Waals surface area contributed by atoms with Gasteiger partial charge in [-0.05, 0) is 58.3 Å². The van der Waals surface area contributed by atoms with E-state index in [-0.39, 0.29) is 5.41 Å². The zero-order valence-electron chi connectivity index (χ0n) is 26.4. The molecular formula is C43H33NOS. The van der Waals surface area contributed by atoms with Crippen molar-refractivity contribution in [3.05, 3.63) is 139 Å². The summed E-state index contributed by atoms with van der Waals surface area (Å²) in [6.45, 7) is 8.93. The Bertz CT molecular complexity index is 2650. The minimum atomic E-state index is -0.0453. The van der Waals surface area contributed by atoms with Crippen LogP contribution in [0.15, 0.2) is 132 Å². The standard InChI is InChI=1S/C43H33NOS/c1-26-12-9-14-28(24-26)44(36-21-11-19-33-32-18-10-20-35(43(2,3)4)40(32)45-41(33)36)37-25-38-39(31-17-8-7-16-30(31)37)34-23-22-27-13-5-6-15-29(27)42(34)46-38/h5-25H,1-4H3. The summed E-state index contributed by atoms with van der Waals surface area (Å²) in [5, 5.41) is 10.0. The summed E-state index contributed by atoms with van der Waals surface area (Å²) in [6.07, 6.45) is 0. The number of benzene rings is 7. The quantitative estimate of drug-likeness (QED) is 0.198. The summed E-state index contributed by atoms with van der Waals surface area (Å²) in [5.41, 5.74) is 7.56. The fourth-order valence-electron chi connectivity index (χ4n) is 7.28. The number of fused-ring (bicyclic) bond motifs is 10. The molecule has 0 spiro atoms. The van der Waals surface area contributed by atoms with Crippen LogP contribution in [0.5, 0.6) is 0 Å². The first-order valence-electron chi connectivity index (χ1n) is 15.9. The molecule has 222 valence electrons. The number of furan rings is 1. The van der Waals surface area contributed by atoms with Crippen molar-refractivity contribution in [2.75, 3.05) is 4.90 Å². The van der Waals surface area contributed by atoms with E-state index in [1.165, 1.54) is 52.8 Å². The molecule has 0 bridgehead atoms. The van der Waals surface area contributed by atoms with Crippen molar-refractivity contribution >= 4 is 92.1 Å². The molecule has 9 rings (SSSR count). The van der Waals surface area contributed by atoms with Crippen molar-refractivity contribution in [2.24, 2.45) is 0 Å². The van der Waals surface area contributed by atoms with E-state index < -0.39 is 0 Å². The maximum Gasteiger partial charge on any atom is 0.159 e. The van der Waals surface area contributed by atoms with Gasteiger partial charge in [-0.3, -0.25) is 0 Å². The number of hydrogen-bond donors (Lipinski definition) is 0. The van der Waals surface area contributed by atoms with Gasteiger partial charge in [-0.1, -0.05) is 124 Å². The van der Waals surface area contributed by atoms with E-state index >= 15 is 0 Å². The van der Waals surface area contributed by atoms with E-state index in [1.54, 1.807) is 0 Å². The summed E-state index contributed by atoms with van der Waals surface area (Å²) in [5.74, 6) is 0. The van der Waals surface area contributed by atoms with Crippen LogP contribution >= 0.6 is 11.3 Å². The van der Waals surface area contributed by atoms with Crippen LogP contribution in [0.4, 0.5) is 17.1 Å². The Balaban J connectivity index is 1.40. The Morgan fingerprint density at radius 1 is 0.565 bits per heavy atom. The van der Waals surface area contributed by atoms with Crippen LogP contribution in [-0.4, -0.2) is 0 Å². The highest BCUT2D eigenvalue weighted by molar-refractivity contribution is 7.27. The zero-order valence-corrected chi connectivity index (χ0v) is 27.2. The molecule has 3 heteroatoms. The van der Waals surface area contributed by atoms with Crippen LogP contribution in [0, 0.1) is 6.92 Å². The highest BCUT2D eigenvalue weighted by Gasteiger charge is 2.25. The van der Waals surface area contributed by atoms with Gasteiger partial charge in [-0.25, -0.2) is 0 Å². The van der Waals surface area contributed by atoms with Crippen molar-refractivity contribution in [1.82, 2.24) is 0 Å². The van der Waals surface area contributed by atoms with E-state index in [0.717, 1.165) is 39.0 Å².